The molecule has 0 aromatic heterocycles. The number of hydrogen-bond donors (Lipinski definition) is 1. The van der Waals surface area contributed by atoms with Crippen molar-refractivity contribution >= 4 is 40.7 Å². The van der Waals surface area contributed by atoms with Crippen LogP contribution in [-0.4, -0.2) is 5.75 Å². The van der Waals surface area contributed by atoms with Crippen molar-refractivity contribution in [3.8, 4) is 0 Å². The third-order valence-corrected chi connectivity index (χ3v) is 4.50. The van der Waals surface area contributed by atoms with Crippen LogP contribution in [0.4, 0.5) is 5.69 Å². The van der Waals surface area contributed by atoms with E-state index >= 15 is 0 Å². The molecule has 4 heteroatoms. The number of benzene rings is 2. The Morgan fingerprint density at radius 3 is 2.63 bits per heavy atom. The summed E-state index contributed by atoms with van der Waals surface area (Å²) in [4.78, 5) is 1.25. The lowest BCUT2D eigenvalue weighted by Crippen LogP contribution is -2.01. The van der Waals surface area contributed by atoms with Crippen LogP contribution in [0.5, 0.6) is 0 Å². The van der Waals surface area contributed by atoms with Crippen LogP contribution in [-0.2, 0) is 6.54 Å². The zero-order valence-corrected chi connectivity index (χ0v) is 12.9. The second-order valence-corrected chi connectivity index (χ2v) is 6.09. The first-order valence-corrected chi connectivity index (χ1v) is 7.85. The zero-order valence-electron chi connectivity index (χ0n) is 10.6. The van der Waals surface area contributed by atoms with E-state index < -0.39 is 0 Å². The number of hydrogen-bond acceptors (Lipinski definition) is 2. The van der Waals surface area contributed by atoms with Crippen LogP contribution in [0.3, 0.4) is 0 Å². The van der Waals surface area contributed by atoms with Gasteiger partial charge in [-0.05, 0) is 29.5 Å². The highest BCUT2D eigenvalue weighted by atomic mass is 35.5. The van der Waals surface area contributed by atoms with Crippen LogP contribution in [0.15, 0.2) is 47.4 Å². The molecular weight excluding hydrogens is 297 g/mol. The van der Waals surface area contributed by atoms with Crippen LogP contribution in [0.2, 0.25) is 10.0 Å². The van der Waals surface area contributed by atoms with E-state index in [-0.39, 0.29) is 0 Å². The Morgan fingerprint density at radius 2 is 1.84 bits per heavy atom. The standard InChI is InChI=1S/C15H15Cl2NS/c1-2-19-14-9-4-3-8-13(14)18-10-11-6-5-7-12(16)15(11)17/h3-9,18H,2,10H2,1H3. The van der Waals surface area contributed by atoms with Gasteiger partial charge in [0.1, 0.15) is 0 Å². The van der Waals surface area contributed by atoms with Gasteiger partial charge < -0.3 is 5.32 Å². The predicted molar refractivity (Wildman–Crippen MR) is 86.6 cm³/mol. The Bertz CT molecular complexity index is 558. The third kappa shape index (κ3) is 3.82. The summed E-state index contributed by atoms with van der Waals surface area (Å²) in [6.07, 6.45) is 0. The van der Waals surface area contributed by atoms with Crippen molar-refractivity contribution in [2.24, 2.45) is 0 Å². The van der Waals surface area contributed by atoms with E-state index in [2.05, 4.69) is 30.4 Å². The number of rotatable bonds is 5. The normalized spacial score (nSPS) is 10.5. The van der Waals surface area contributed by atoms with Crippen molar-refractivity contribution in [3.05, 3.63) is 58.1 Å². The Balaban J connectivity index is 2.12. The van der Waals surface area contributed by atoms with Gasteiger partial charge in [0.05, 0.1) is 10.0 Å². The maximum Gasteiger partial charge on any atom is 0.0642 e. The summed E-state index contributed by atoms with van der Waals surface area (Å²) in [5.74, 6) is 1.05. The summed E-state index contributed by atoms with van der Waals surface area (Å²) < 4.78 is 0. The highest BCUT2D eigenvalue weighted by molar-refractivity contribution is 7.99. The molecule has 0 spiro atoms. The van der Waals surface area contributed by atoms with Gasteiger partial charge in [-0.2, -0.15) is 0 Å². The Morgan fingerprint density at radius 1 is 1.05 bits per heavy atom. The largest absolute Gasteiger partial charge is 0.380 e. The summed E-state index contributed by atoms with van der Waals surface area (Å²) in [5.41, 5.74) is 2.14. The smallest absolute Gasteiger partial charge is 0.0642 e. The average Bonchev–Trinajstić information content (AvgIpc) is 2.42. The summed E-state index contributed by atoms with van der Waals surface area (Å²) in [5, 5.41) is 4.64. The SMILES string of the molecule is CCSc1ccccc1NCc1cccc(Cl)c1Cl. The minimum absolute atomic E-state index is 0.595. The summed E-state index contributed by atoms with van der Waals surface area (Å²) in [7, 11) is 0. The maximum atomic E-state index is 6.18. The van der Waals surface area contributed by atoms with Gasteiger partial charge in [0.15, 0.2) is 0 Å². The monoisotopic (exact) mass is 311 g/mol. The second-order valence-electron chi connectivity index (χ2n) is 4.00. The van der Waals surface area contributed by atoms with Crippen LogP contribution < -0.4 is 5.32 Å². The molecular formula is C15H15Cl2NS. The van der Waals surface area contributed by atoms with Gasteiger partial charge in [-0.1, -0.05) is 54.4 Å². The lowest BCUT2D eigenvalue weighted by Gasteiger charge is -2.12. The highest BCUT2D eigenvalue weighted by Crippen LogP contribution is 2.29. The van der Waals surface area contributed by atoms with Gasteiger partial charge in [-0.15, -0.1) is 11.8 Å². The van der Waals surface area contributed by atoms with E-state index in [9.17, 15) is 0 Å². The van der Waals surface area contributed by atoms with Gasteiger partial charge >= 0.3 is 0 Å². The highest BCUT2D eigenvalue weighted by Gasteiger charge is 2.05. The third-order valence-electron chi connectivity index (χ3n) is 2.69. The maximum absolute atomic E-state index is 6.18. The lowest BCUT2D eigenvalue weighted by molar-refractivity contribution is 1.13. The van der Waals surface area contributed by atoms with Crippen molar-refractivity contribution in [2.45, 2.75) is 18.4 Å². The number of halogens is 2. The molecule has 0 aliphatic carbocycles. The van der Waals surface area contributed by atoms with Gasteiger partial charge in [-0.3, -0.25) is 0 Å². The minimum atomic E-state index is 0.595. The molecule has 0 amide bonds. The molecule has 0 saturated carbocycles. The topological polar surface area (TPSA) is 12.0 Å². The van der Waals surface area contributed by atoms with Crippen molar-refractivity contribution in [1.29, 1.82) is 0 Å². The number of nitrogens with one attached hydrogen (secondary N) is 1. The van der Waals surface area contributed by atoms with Crippen molar-refractivity contribution in [3.63, 3.8) is 0 Å². The van der Waals surface area contributed by atoms with Crippen LogP contribution in [0.1, 0.15) is 12.5 Å². The van der Waals surface area contributed by atoms with Crippen LogP contribution in [0.25, 0.3) is 0 Å². The number of thioether (sulfide) groups is 1. The molecule has 0 heterocycles. The molecule has 1 N–H and O–H groups in total. The van der Waals surface area contributed by atoms with E-state index in [1.165, 1.54) is 4.90 Å². The van der Waals surface area contributed by atoms with Crippen LogP contribution >= 0.6 is 35.0 Å². The first kappa shape index (κ1) is 14.6. The molecule has 100 valence electrons. The molecule has 2 rings (SSSR count). The van der Waals surface area contributed by atoms with Crippen molar-refractivity contribution < 1.29 is 0 Å². The van der Waals surface area contributed by atoms with E-state index in [0.717, 1.165) is 17.0 Å². The molecule has 0 radical (unpaired) electrons. The Labute approximate surface area is 128 Å². The minimum Gasteiger partial charge on any atom is -0.380 e. The summed E-state index contributed by atoms with van der Waals surface area (Å²) in [6.45, 7) is 2.82. The molecule has 0 bridgehead atoms. The fraction of sp³-hybridized carbons (Fsp3) is 0.200. The van der Waals surface area contributed by atoms with Gasteiger partial charge in [-0.25, -0.2) is 0 Å². The molecule has 0 saturated heterocycles. The Hall–Kier alpha value is -0.830. The second kappa shape index (κ2) is 7.09. The quantitative estimate of drug-likeness (QED) is 0.709. The first-order valence-electron chi connectivity index (χ1n) is 6.11. The molecule has 2 aromatic carbocycles. The van der Waals surface area contributed by atoms with Gasteiger partial charge in [0.25, 0.3) is 0 Å². The van der Waals surface area contributed by atoms with E-state index in [0.29, 0.717) is 16.6 Å². The van der Waals surface area contributed by atoms with E-state index in [4.69, 9.17) is 23.2 Å². The molecule has 0 aliphatic heterocycles. The van der Waals surface area contributed by atoms with Crippen molar-refractivity contribution in [1.82, 2.24) is 0 Å². The molecule has 19 heavy (non-hydrogen) atoms. The van der Waals surface area contributed by atoms with Gasteiger partial charge in [0.2, 0.25) is 0 Å². The summed E-state index contributed by atoms with van der Waals surface area (Å²) in [6, 6.07) is 14.0. The molecule has 0 atom stereocenters. The zero-order chi connectivity index (χ0) is 13.7. The first-order chi connectivity index (χ1) is 9.22. The van der Waals surface area contributed by atoms with E-state index in [1.807, 2.05) is 30.0 Å². The van der Waals surface area contributed by atoms with E-state index in [1.54, 1.807) is 6.07 Å². The van der Waals surface area contributed by atoms with Gasteiger partial charge in [0, 0.05) is 17.1 Å². The molecule has 0 fully saturated rings. The molecule has 0 unspecified atom stereocenters. The number of anilines is 1. The number of para-hydroxylation sites is 1. The predicted octanol–water partition coefficient (Wildman–Crippen LogP) is 5.72. The average molecular weight is 312 g/mol. The lowest BCUT2D eigenvalue weighted by atomic mass is 10.2. The Kier molecular flexibility index (Phi) is 5.44. The molecule has 2 aromatic rings. The molecule has 1 nitrogen and oxygen atoms in total. The summed E-state index contributed by atoms with van der Waals surface area (Å²) >= 11 is 14.0. The van der Waals surface area contributed by atoms with Crippen LogP contribution in [0, 0.1) is 0 Å². The fourth-order valence-corrected chi connectivity index (χ4v) is 2.94. The molecule has 0 aliphatic rings. The van der Waals surface area contributed by atoms with Crippen molar-refractivity contribution in [2.75, 3.05) is 11.1 Å². The fourth-order valence-electron chi connectivity index (χ4n) is 1.77.